The van der Waals surface area contributed by atoms with Crippen LogP contribution in [0, 0.1) is 0 Å². The number of hydrogen-bond donors (Lipinski definition) is 1. The van der Waals surface area contributed by atoms with Crippen LogP contribution >= 0.6 is 0 Å². The van der Waals surface area contributed by atoms with Crippen LogP contribution in [0.3, 0.4) is 0 Å². The Morgan fingerprint density at radius 2 is 1.93 bits per heavy atom. The van der Waals surface area contributed by atoms with Gasteiger partial charge < -0.3 is 19.4 Å². The van der Waals surface area contributed by atoms with Crippen molar-refractivity contribution in [1.29, 1.82) is 0 Å². The van der Waals surface area contributed by atoms with Crippen LogP contribution < -0.4 is 20.3 Å². The van der Waals surface area contributed by atoms with Crippen molar-refractivity contribution in [1.82, 2.24) is 19.5 Å². The lowest BCUT2D eigenvalue weighted by atomic mass is 9.97. The summed E-state index contributed by atoms with van der Waals surface area (Å²) in [6.07, 6.45) is 7.99. The maximum absolute atomic E-state index is 12.9. The molecule has 1 aliphatic rings. The van der Waals surface area contributed by atoms with Gasteiger partial charge in [-0.05, 0) is 49.8 Å². The number of benzene rings is 1. The van der Waals surface area contributed by atoms with Crippen molar-refractivity contribution in [2.75, 3.05) is 20.8 Å². The van der Waals surface area contributed by atoms with E-state index in [2.05, 4.69) is 10.4 Å². The van der Waals surface area contributed by atoms with E-state index in [1.54, 1.807) is 31.1 Å². The van der Waals surface area contributed by atoms with E-state index in [4.69, 9.17) is 9.47 Å². The molecule has 0 spiro atoms. The van der Waals surface area contributed by atoms with Crippen molar-refractivity contribution < 1.29 is 14.3 Å². The van der Waals surface area contributed by atoms with Gasteiger partial charge in [0, 0.05) is 24.5 Å². The zero-order chi connectivity index (χ0) is 21.1. The maximum atomic E-state index is 12.9. The molecule has 1 aliphatic carbocycles. The SMILES string of the molecule is COc1ccc(CCNC(=O)Cn2ccn3nc4c(c3c2=O)CCCC4)cc1OC. The van der Waals surface area contributed by atoms with Crippen molar-refractivity contribution in [3.8, 4) is 11.5 Å². The molecule has 0 saturated heterocycles. The van der Waals surface area contributed by atoms with Gasteiger partial charge in [-0.15, -0.1) is 0 Å². The van der Waals surface area contributed by atoms with E-state index in [1.165, 1.54) is 4.57 Å². The molecule has 0 fully saturated rings. The van der Waals surface area contributed by atoms with Crippen LogP contribution in [0.4, 0.5) is 0 Å². The molecule has 158 valence electrons. The number of hydrogen-bond acceptors (Lipinski definition) is 5. The summed E-state index contributed by atoms with van der Waals surface area (Å²) in [5.74, 6) is 1.13. The third kappa shape index (κ3) is 3.90. The summed E-state index contributed by atoms with van der Waals surface area (Å²) in [4.78, 5) is 25.3. The van der Waals surface area contributed by atoms with Gasteiger partial charge in [-0.3, -0.25) is 9.59 Å². The van der Waals surface area contributed by atoms with Crippen LogP contribution in [0.2, 0.25) is 0 Å². The third-order valence-electron chi connectivity index (χ3n) is 5.53. The quantitative estimate of drug-likeness (QED) is 0.641. The Morgan fingerprint density at radius 1 is 1.13 bits per heavy atom. The average Bonchev–Trinajstić information content (AvgIpc) is 3.15. The van der Waals surface area contributed by atoms with Crippen molar-refractivity contribution >= 4 is 11.4 Å². The van der Waals surface area contributed by atoms with Crippen LogP contribution in [0.1, 0.15) is 29.7 Å². The summed E-state index contributed by atoms with van der Waals surface area (Å²) < 4.78 is 13.7. The van der Waals surface area contributed by atoms with E-state index in [9.17, 15) is 9.59 Å². The molecule has 4 rings (SSSR count). The summed E-state index contributed by atoms with van der Waals surface area (Å²) in [6.45, 7) is 0.453. The lowest BCUT2D eigenvalue weighted by Gasteiger charge is -2.11. The van der Waals surface area contributed by atoms with Crippen molar-refractivity contribution in [2.45, 2.75) is 38.6 Å². The molecule has 0 aliphatic heterocycles. The Balaban J connectivity index is 1.40. The number of nitrogens with zero attached hydrogens (tertiary/aromatic N) is 3. The highest BCUT2D eigenvalue weighted by atomic mass is 16.5. The number of carbonyl (C=O) groups is 1. The Hall–Kier alpha value is -3.29. The van der Waals surface area contributed by atoms with E-state index in [-0.39, 0.29) is 18.0 Å². The Morgan fingerprint density at radius 3 is 2.73 bits per heavy atom. The fourth-order valence-electron chi connectivity index (χ4n) is 3.97. The number of aromatic nitrogens is 3. The summed E-state index contributed by atoms with van der Waals surface area (Å²) in [6, 6.07) is 5.68. The van der Waals surface area contributed by atoms with Gasteiger partial charge in [0.25, 0.3) is 5.56 Å². The van der Waals surface area contributed by atoms with Crippen molar-refractivity contribution in [3.63, 3.8) is 0 Å². The lowest BCUT2D eigenvalue weighted by Crippen LogP contribution is -2.33. The zero-order valence-electron chi connectivity index (χ0n) is 17.3. The minimum atomic E-state index is -0.199. The Bertz CT molecular complexity index is 1130. The first-order valence-electron chi connectivity index (χ1n) is 10.2. The minimum Gasteiger partial charge on any atom is -0.493 e. The molecule has 8 nitrogen and oxygen atoms in total. The van der Waals surface area contributed by atoms with E-state index in [0.717, 1.165) is 42.5 Å². The monoisotopic (exact) mass is 410 g/mol. The van der Waals surface area contributed by atoms with Gasteiger partial charge in [0.1, 0.15) is 12.1 Å². The second-order valence-electron chi connectivity index (χ2n) is 7.45. The highest BCUT2D eigenvalue weighted by Crippen LogP contribution is 2.27. The highest BCUT2D eigenvalue weighted by Gasteiger charge is 2.20. The molecule has 0 radical (unpaired) electrons. The molecule has 1 amide bonds. The fourth-order valence-corrected chi connectivity index (χ4v) is 3.97. The zero-order valence-corrected chi connectivity index (χ0v) is 17.3. The van der Waals surface area contributed by atoms with Crippen LogP contribution in [0.5, 0.6) is 11.5 Å². The average molecular weight is 410 g/mol. The minimum absolute atomic E-state index is 0.0127. The molecular formula is C22H26N4O4. The van der Waals surface area contributed by atoms with Gasteiger partial charge in [-0.2, -0.15) is 5.10 Å². The van der Waals surface area contributed by atoms with E-state index in [1.807, 2.05) is 18.2 Å². The molecule has 1 N–H and O–H groups in total. The van der Waals surface area contributed by atoms with Crippen LogP contribution in [-0.4, -0.2) is 40.9 Å². The van der Waals surface area contributed by atoms with Crippen LogP contribution in [-0.2, 0) is 30.6 Å². The smallest absolute Gasteiger partial charge is 0.277 e. The fraction of sp³-hybridized carbons (Fsp3) is 0.409. The summed E-state index contributed by atoms with van der Waals surface area (Å²) in [5, 5.41) is 7.41. The van der Waals surface area contributed by atoms with E-state index >= 15 is 0 Å². The molecular weight excluding hydrogens is 384 g/mol. The van der Waals surface area contributed by atoms with E-state index < -0.39 is 0 Å². The van der Waals surface area contributed by atoms with Gasteiger partial charge in [-0.25, -0.2) is 4.52 Å². The maximum Gasteiger partial charge on any atom is 0.277 e. The first-order chi connectivity index (χ1) is 14.6. The second-order valence-corrected chi connectivity index (χ2v) is 7.45. The predicted octanol–water partition coefficient (Wildman–Crippen LogP) is 1.75. The standard InChI is InChI=1S/C22H26N4O4/c1-29-18-8-7-15(13-19(18)30-2)9-10-23-20(27)14-25-11-12-26-21(22(25)28)16-5-3-4-6-17(16)24-26/h7-8,11-13H,3-6,9-10,14H2,1-2H3,(H,23,27). The number of fused-ring (bicyclic) bond motifs is 3. The molecule has 3 aromatic rings. The van der Waals surface area contributed by atoms with Gasteiger partial charge in [0.05, 0.1) is 19.9 Å². The number of methoxy groups -OCH3 is 2. The third-order valence-corrected chi connectivity index (χ3v) is 5.53. The van der Waals surface area contributed by atoms with Crippen molar-refractivity contribution in [3.05, 3.63) is 57.8 Å². The summed E-state index contributed by atoms with van der Waals surface area (Å²) >= 11 is 0. The van der Waals surface area contributed by atoms with Gasteiger partial charge in [-0.1, -0.05) is 6.07 Å². The molecule has 0 bridgehead atoms. The molecule has 8 heteroatoms. The van der Waals surface area contributed by atoms with Crippen LogP contribution in [0.25, 0.3) is 5.52 Å². The Labute approximate surface area is 174 Å². The van der Waals surface area contributed by atoms with Crippen molar-refractivity contribution in [2.24, 2.45) is 0 Å². The number of aryl methyl sites for hydroxylation is 2. The summed E-state index contributed by atoms with van der Waals surface area (Å²) in [7, 11) is 3.19. The first kappa shape index (κ1) is 20.0. The van der Waals surface area contributed by atoms with E-state index in [0.29, 0.717) is 30.0 Å². The van der Waals surface area contributed by atoms with Gasteiger partial charge in [0.15, 0.2) is 11.5 Å². The number of amides is 1. The second kappa shape index (κ2) is 8.61. The van der Waals surface area contributed by atoms with Gasteiger partial charge in [0.2, 0.25) is 5.91 Å². The molecule has 2 heterocycles. The predicted molar refractivity (Wildman–Crippen MR) is 112 cm³/mol. The molecule has 30 heavy (non-hydrogen) atoms. The lowest BCUT2D eigenvalue weighted by molar-refractivity contribution is -0.121. The largest absolute Gasteiger partial charge is 0.493 e. The number of carbonyl (C=O) groups excluding carboxylic acids is 1. The molecule has 1 aromatic carbocycles. The molecule has 2 aromatic heterocycles. The highest BCUT2D eigenvalue weighted by molar-refractivity contribution is 5.75. The number of ether oxygens (including phenoxy) is 2. The first-order valence-corrected chi connectivity index (χ1v) is 10.2. The number of nitrogens with one attached hydrogen (secondary N) is 1. The number of rotatable bonds is 7. The molecule has 0 atom stereocenters. The topological polar surface area (TPSA) is 86.9 Å². The molecule has 0 saturated carbocycles. The van der Waals surface area contributed by atoms with Crippen LogP contribution in [0.15, 0.2) is 35.4 Å². The normalized spacial score (nSPS) is 13.1. The molecule has 0 unspecified atom stereocenters. The van der Waals surface area contributed by atoms with Gasteiger partial charge >= 0.3 is 0 Å². The Kier molecular flexibility index (Phi) is 5.74. The summed E-state index contributed by atoms with van der Waals surface area (Å²) in [5.41, 5.74) is 3.51.